The second-order valence-corrected chi connectivity index (χ2v) is 3.68. The van der Waals surface area contributed by atoms with Crippen molar-refractivity contribution in [3.05, 3.63) is 29.8 Å². The number of ether oxygens (including phenoxy) is 1. The van der Waals surface area contributed by atoms with E-state index in [0.717, 1.165) is 11.3 Å². The zero-order valence-corrected chi connectivity index (χ0v) is 9.56. The van der Waals surface area contributed by atoms with Gasteiger partial charge in [0.15, 0.2) is 0 Å². The number of hydrogen-bond acceptors (Lipinski definition) is 3. The Bertz CT molecular complexity index is 333. The molecule has 1 amide bonds. The summed E-state index contributed by atoms with van der Waals surface area (Å²) in [5, 5.41) is 11.6. The number of hydrogen-bond donors (Lipinski definition) is 2. The van der Waals surface area contributed by atoms with Crippen molar-refractivity contribution in [2.45, 2.75) is 19.4 Å². The van der Waals surface area contributed by atoms with Gasteiger partial charge in [-0.25, -0.2) is 0 Å². The summed E-state index contributed by atoms with van der Waals surface area (Å²) in [4.78, 5) is 11.4. The molecule has 1 rings (SSSR count). The summed E-state index contributed by atoms with van der Waals surface area (Å²) in [6.45, 7) is 1.92. The zero-order chi connectivity index (χ0) is 12.0. The van der Waals surface area contributed by atoms with Gasteiger partial charge in [0.1, 0.15) is 5.75 Å². The second kappa shape index (κ2) is 6.12. The fourth-order valence-electron chi connectivity index (χ4n) is 1.25. The Kier molecular flexibility index (Phi) is 4.79. The minimum absolute atomic E-state index is 0.0916. The van der Waals surface area contributed by atoms with Crippen LogP contribution in [0.5, 0.6) is 5.75 Å². The van der Waals surface area contributed by atoms with Crippen LogP contribution in [0.15, 0.2) is 24.3 Å². The van der Waals surface area contributed by atoms with Crippen LogP contribution in [0.25, 0.3) is 0 Å². The molecular formula is C12H17NO3. The summed E-state index contributed by atoms with van der Waals surface area (Å²) in [5.74, 6) is 0.680. The van der Waals surface area contributed by atoms with Crippen LogP contribution >= 0.6 is 0 Å². The van der Waals surface area contributed by atoms with Gasteiger partial charge < -0.3 is 15.2 Å². The van der Waals surface area contributed by atoms with Crippen molar-refractivity contribution in [1.29, 1.82) is 0 Å². The molecule has 2 N–H and O–H groups in total. The van der Waals surface area contributed by atoms with Gasteiger partial charge in [0.05, 0.1) is 19.6 Å². The van der Waals surface area contributed by atoms with Crippen molar-refractivity contribution in [1.82, 2.24) is 5.32 Å². The van der Waals surface area contributed by atoms with Gasteiger partial charge >= 0.3 is 0 Å². The van der Waals surface area contributed by atoms with E-state index in [-0.39, 0.29) is 12.5 Å². The van der Waals surface area contributed by atoms with Crippen molar-refractivity contribution in [2.75, 3.05) is 13.7 Å². The van der Waals surface area contributed by atoms with E-state index < -0.39 is 6.10 Å². The van der Waals surface area contributed by atoms with Crippen LogP contribution < -0.4 is 10.1 Å². The van der Waals surface area contributed by atoms with E-state index in [0.29, 0.717) is 6.42 Å². The van der Waals surface area contributed by atoms with E-state index in [9.17, 15) is 4.79 Å². The first-order valence-corrected chi connectivity index (χ1v) is 5.19. The molecule has 1 aromatic rings. The molecule has 0 radical (unpaired) electrons. The number of carbonyl (C=O) groups is 1. The van der Waals surface area contributed by atoms with Gasteiger partial charge in [-0.2, -0.15) is 0 Å². The Morgan fingerprint density at radius 2 is 2.06 bits per heavy atom. The van der Waals surface area contributed by atoms with E-state index >= 15 is 0 Å². The van der Waals surface area contributed by atoms with Gasteiger partial charge in [0.2, 0.25) is 5.91 Å². The molecule has 0 saturated carbocycles. The van der Waals surface area contributed by atoms with Crippen molar-refractivity contribution >= 4 is 5.91 Å². The Labute approximate surface area is 95.2 Å². The quantitative estimate of drug-likeness (QED) is 0.774. The molecule has 0 unspecified atom stereocenters. The number of aliphatic hydroxyl groups is 1. The smallest absolute Gasteiger partial charge is 0.224 e. The first-order chi connectivity index (χ1) is 7.61. The number of rotatable bonds is 5. The first kappa shape index (κ1) is 12.5. The van der Waals surface area contributed by atoms with E-state index in [4.69, 9.17) is 9.84 Å². The predicted octanol–water partition coefficient (Wildman–Crippen LogP) is 0.735. The molecule has 0 fully saturated rings. The summed E-state index contributed by atoms with van der Waals surface area (Å²) in [7, 11) is 1.60. The second-order valence-electron chi connectivity index (χ2n) is 3.68. The molecule has 0 aliphatic rings. The lowest BCUT2D eigenvalue weighted by molar-refractivity contribution is -0.120. The van der Waals surface area contributed by atoms with Crippen molar-refractivity contribution in [3.8, 4) is 5.75 Å². The number of benzene rings is 1. The molecule has 1 aromatic carbocycles. The lowest BCUT2D eigenvalue weighted by Crippen LogP contribution is -2.31. The van der Waals surface area contributed by atoms with Crippen LogP contribution in [0.3, 0.4) is 0 Å². The Hall–Kier alpha value is -1.55. The summed E-state index contributed by atoms with van der Waals surface area (Å²) in [5.41, 5.74) is 0.920. The van der Waals surface area contributed by atoms with Crippen LogP contribution in [0.1, 0.15) is 12.5 Å². The molecule has 0 aliphatic heterocycles. The van der Waals surface area contributed by atoms with Gasteiger partial charge in [0.25, 0.3) is 0 Å². The SMILES string of the molecule is COc1ccc(CC(=O)NC[C@@H](C)O)cc1. The summed E-state index contributed by atoms with van der Waals surface area (Å²) in [6.07, 6.45) is -0.198. The van der Waals surface area contributed by atoms with Gasteiger partial charge in [-0.05, 0) is 24.6 Å². The lowest BCUT2D eigenvalue weighted by atomic mass is 10.1. The fraction of sp³-hybridized carbons (Fsp3) is 0.417. The Morgan fingerprint density at radius 1 is 1.44 bits per heavy atom. The Morgan fingerprint density at radius 3 is 2.56 bits per heavy atom. The molecule has 0 saturated heterocycles. The topological polar surface area (TPSA) is 58.6 Å². The van der Waals surface area contributed by atoms with E-state index in [2.05, 4.69) is 5.32 Å². The highest BCUT2D eigenvalue weighted by Gasteiger charge is 2.04. The van der Waals surface area contributed by atoms with Crippen LogP contribution in [-0.2, 0) is 11.2 Å². The lowest BCUT2D eigenvalue weighted by Gasteiger charge is -2.07. The summed E-state index contributed by atoms with van der Waals surface area (Å²) in [6, 6.07) is 7.33. The van der Waals surface area contributed by atoms with Crippen LogP contribution in [0.4, 0.5) is 0 Å². The van der Waals surface area contributed by atoms with Crippen molar-refractivity contribution in [3.63, 3.8) is 0 Å². The largest absolute Gasteiger partial charge is 0.497 e. The number of aliphatic hydroxyl groups excluding tert-OH is 1. The third kappa shape index (κ3) is 4.31. The predicted molar refractivity (Wildman–Crippen MR) is 61.4 cm³/mol. The number of carbonyl (C=O) groups excluding carboxylic acids is 1. The molecule has 0 aromatic heterocycles. The van der Waals surface area contributed by atoms with Crippen LogP contribution in [0.2, 0.25) is 0 Å². The maximum absolute atomic E-state index is 11.4. The fourth-order valence-corrected chi connectivity index (χ4v) is 1.25. The monoisotopic (exact) mass is 223 g/mol. The highest BCUT2D eigenvalue weighted by atomic mass is 16.5. The van der Waals surface area contributed by atoms with Crippen LogP contribution in [0, 0.1) is 0 Å². The number of amides is 1. The third-order valence-electron chi connectivity index (χ3n) is 2.12. The van der Waals surface area contributed by atoms with E-state index in [1.165, 1.54) is 0 Å². The molecule has 0 aliphatic carbocycles. The summed E-state index contributed by atoms with van der Waals surface area (Å²) >= 11 is 0. The van der Waals surface area contributed by atoms with Gasteiger partial charge in [-0.1, -0.05) is 12.1 Å². The van der Waals surface area contributed by atoms with Crippen molar-refractivity contribution in [2.24, 2.45) is 0 Å². The molecular weight excluding hydrogens is 206 g/mol. The zero-order valence-electron chi connectivity index (χ0n) is 9.56. The number of methoxy groups -OCH3 is 1. The molecule has 1 atom stereocenters. The Balaban J connectivity index is 2.43. The molecule has 0 heterocycles. The van der Waals surface area contributed by atoms with E-state index in [1.54, 1.807) is 14.0 Å². The minimum atomic E-state index is -0.514. The maximum Gasteiger partial charge on any atom is 0.224 e. The maximum atomic E-state index is 11.4. The normalized spacial score (nSPS) is 11.9. The third-order valence-corrected chi connectivity index (χ3v) is 2.12. The molecule has 0 bridgehead atoms. The summed E-state index contributed by atoms with van der Waals surface area (Å²) < 4.78 is 5.02. The highest BCUT2D eigenvalue weighted by Crippen LogP contribution is 2.11. The van der Waals surface area contributed by atoms with Crippen LogP contribution in [-0.4, -0.2) is 30.8 Å². The molecule has 0 spiro atoms. The average Bonchev–Trinajstić information content (AvgIpc) is 2.27. The van der Waals surface area contributed by atoms with Gasteiger partial charge in [0, 0.05) is 6.54 Å². The average molecular weight is 223 g/mol. The standard InChI is InChI=1S/C12H17NO3/c1-9(14)8-13-12(15)7-10-3-5-11(16-2)6-4-10/h3-6,9,14H,7-8H2,1-2H3,(H,13,15)/t9-/m1/s1. The van der Waals surface area contributed by atoms with Gasteiger partial charge in [-0.3, -0.25) is 4.79 Å². The minimum Gasteiger partial charge on any atom is -0.497 e. The molecule has 4 nitrogen and oxygen atoms in total. The van der Waals surface area contributed by atoms with E-state index in [1.807, 2.05) is 24.3 Å². The molecule has 4 heteroatoms. The first-order valence-electron chi connectivity index (χ1n) is 5.19. The van der Waals surface area contributed by atoms with Crippen molar-refractivity contribution < 1.29 is 14.6 Å². The number of nitrogens with one attached hydrogen (secondary N) is 1. The van der Waals surface area contributed by atoms with Gasteiger partial charge in [-0.15, -0.1) is 0 Å². The highest BCUT2D eigenvalue weighted by molar-refractivity contribution is 5.78. The molecule has 88 valence electrons. The molecule has 16 heavy (non-hydrogen) atoms.